The average Bonchev–Trinajstić information content (AvgIpc) is 3.53. The number of carbonyl (C=O) groups is 8. The quantitative estimate of drug-likeness (QED) is 0.181. The van der Waals surface area contributed by atoms with Crippen LogP contribution in [0.4, 0.5) is 0 Å². The summed E-state index contributed by atoms with van der Waals surface area (Å²) in [7, 11) is 0. The molecule has 0 aromatic rings. The molecule has 3 fully saturated rings. The molecule has 206 valence electrons. The number of aliphatic carboxylic acids is 8. The Hall–Kier alpha value is -4.50. The normalized spacial score (nSPS) is 36.2. The first-order valence-electron chi connectivity index (χ1n) is 11.1. The Morgan fingerprint density at radius 1 is 0.395 bits per heavy atom. The molecule has 4 rings (SSSR count). The van der Waals surface area contributed by atoms with Crippen molar-refractivity contribution in [3.63, 3.8) is 0 Å². The van der Waals surface area contributed by atoms with E-state index in [9.17, 15) is 38.4 Å². The Morgan fingerprint density at radius 3 is 0.816 bits per heavy atom. The van der Waals surface area contributed by atoms with Crippen molar-refractivity contribution in [1.29, 1.82) is 0 Å². The first-order valence-corrected chi connectivity index (χ1v) is 11.1. The van der Waals surface area contributed by atoms with Crippen LogP contribution in [0, 0.1) is 59.2 Å². The fraction of sp³-hybridized carbons (Fsp3) is 0.545. The van der Waals surface area contributed by atoms with E-state index in [2.05, 4.69) is 0 Å². The molecule has 16 heteroatoms. The highest BCUT2D eigenvalue weighted by Crippen LogP contribution is 2.59. The molecule has 0 heterocycles. The molecule has 8 N–H and O–H groups in total. The molecule has 16 nitrogen and oxygen atoms in total. The van der Waals surface area contributed by atoms with Gasteiger partial charge in [-0.3, -0.25) is 28.8 Å². The van der Waals surface area contributed by atoms with Crippen LogP contribution in [0.15, 0.2) is 11.1 Å². The second-order valence-corrected chi connectivity index (χ2v) is 9.63. The summed E-state index contributed by atoms with van der Waals surface area (Å²) in [6, 6.07) is 0. The van der Waals surface area contributed by atoms with Gasteiger partial charge in [0.2, 0.25) is 0 Å². The first kappa shape index (κ1) is 28.1. The Kier molecular flexibility index (Phi) is 7.21. The molecule has 0 radical (unpaired) electrons. The Morgan fingerprint density at radius 2 is 0.632 bits per heavy atom. The van der Waals surface area contributed by atoms with E-state index in [1.165, 1.54) is 0 Å². The third kappa shape index (κ3) is 4.20. The van der Waals surface area contributed by atoms with Crippen LogP contribution < -0.4 is 0 Å². The Bertz CT molecular complexity index is 1050. The van der Waals surface area contributed by atoms with Gasteiger partial charge in [0.15, 0.2) is 0 Å². The van der Waals surface area contributed by atoms with Gasteiger partial charge in [-0.1, -0.05) is 0 Å². The summed E-state index contributed by atoms with van der Waals surface area (Å²) in [4.78, 5) is 89.0. The maximum atomic E-state index is 11.1. The van der Waals surface area contributed by atoms with Gasteiger partial charge in [-0.05, 0) is 24.7 Å². The van der Waals surface area contributed by atoms with Crippen LogP contribution in [0.25, 0.3) is 0 Å². The number of hydrogen-bond acceptors (Lipinski definition) is 8. The maximum absolute atomic E-state index is 11.1. The molecule has 4 bridgehead atoms. The average molecular weight is 542 g/mol. The fourth-order valence-electron chi connectivity index (χ4n) is 7.02. The highest BCUT2D eigenvalue weighted by molar-refractivity contribution is 6.03. The minimum atomic E-state index is -1.50. The summed E-state index contributed by atoms with van der Waals surface area (Å²) >= 11 is 0. The Balaban J connectivity index is 0.000000211. The lowest BCUT2D eigenvalue weighted by Crippen LogP contribution is -2.47. The lowest BCUT2D eigenvalue weighted by molar-refractivity contribution is -0.169. The third-order valence-electron chi connectivity index (χ3n) is 8.13. The van der Waals surface area contributed by atoms with E-state index >= 15 is 0 Å². The van der Waals surface area contributed by atoms with Gasteiger partial charge in [0, 0.05) is 11.8 Å². The van der Waals surface area contributed by atoms with E-state index in [1.807, 2.05) is 0 Å². The number of fused-ring (bicyclic) bond motifs is 4. The number of carboxylic acids is 8. The zero-order chi connectivity index (χ0) is 29.0. The topological polar surface area (TPSA) is 298 Å². The van der Waals surface area contributed by atoms with Crippen LogP contribution in [0.2, 0.25) is 0 Å². The molecule has 0 aromatic heterocycles. The molecular weight excluding hydrogens is 520 g/mol. The van der Waals surface area contributed by atoms with Crippen LogP contribution in [-0.2, 0) is 38.4 Å². The van der Waals surface area contributed by atoms with E-state index in [1.54, 1.807) is 0 Å². The highest BCUT2D eigenvalue weighted by Gasteiger charge is 2.66. The zero-order valence-corrected chi connectivity index (χ0v) is 19.0. The molecular formula is C22H22O16. The number of carboxylic acid groups (broad SMARTS) is 8. The van der Waals surface area contributed by atoms with Crippen molar-refractivity contribution in [3.8, 4) is 0 Å². The van der Waals surface area contributed by atoms with Crippen LogP contribution in [0.3, 0.4) is 0 Å². The molecule has 4 aliphatic carbocycles. The zero-order valence-electron chi connectivity index (χ0n) is 19.0. The Labute approximate surface area is 210 Å². The maximum Gasteiger partial charge on any atom is 0.332 e. The van der Waals surface area contributed by atoms with Gasteiger partial charge in [0.25, 0.3) is 0 Å². The molecule has 4 aliphatic rings. The summed E-state index contributed by atoms with van der Waals surface area (Å²) < 4.78 is 0. The van der Waals surface area contributed by atoms with Crippen molar-refractivity contribution in [1.82, 2.24) is 0 Å². The summed E-state index contributed by atoms with van der Waals surface area (Å²) in [5.41, 5.74) is -0.940. The van der Waals surface area contributed by atoms with E-state index in [-0.39, 0.29) is 12.8 Å². The first-order chi connectivity index (χ1) is 17.5. The number of hydrogen-bond donors (Lipinski definition) is 8. The molecule has 0 amide bonds. The van der Waals surface area contributed by atoms with Crippen LogP contribution in [-0.4, -0.2) is 88.6 Å². The van der Waals surface area contributed by atoms with Crippen LogP contribution in [0.1, 0.15) is 12.8 Å². The van der Waals surface area contributed by atoms with E-state index in [4.69, 9.17) is 40.9 Å². The molecule has 0 saturated heterocycles. The summed E-state index contributed by atoms with van der Waals surface area (Å²) in [5, 5.41) is 72.4. The summed E-state index contributed by atoms with van der Waals surface area (Å²) in [5.74, 6) is -23.5. The molecule has 8 atom stereocenters. The van der Waals surface area contributed by atoms with Gasteiger partial charge in [0.05, 0.1) is 46.7 Å². The summed E-state index contributed by atoms with van der Waals surface area (Å²) in [6.45, 7) is 0. The van der Waals surface area contributed by atoms with Crippen molar-refractivity contribution in [2.45, 2.75) is 12.8 Å². The van der Waals surface area contributed by atoms with Crippen molar-refractivity contribution >= 4 is 47.8 Å². The monoisotopic (exact) mass is 542 g/mol. The van der Waals surface area contributed by atoms with Gasteiger partial charge in [-0.25, -0.2) is 9.59 Å². The molecule has 8 unspecified atom stereocenters. The molecule has 0 aromatic carbocycles. The van der Waals surface area contributed by atoms with E-state index in [0.29, 0.717) is 0 Å². The van der Waals surface area contributed by atoms with E-state index < -0.39 is 118 Å². The molecule has 38 heavy (non-hydrogen) atoms. The van der Waals surface area contributed by atoms with Gasteiger partial charge in [-0.2, -0.15) is 0 Å². The van der Waals surface area contributed by atoms with Crippen LogP contribution >= 0.6 is 0 Å². The minimum Gasteiger partial charge on any atom is -0.481 e. The highest BCUT2D eigenvalue weighted by atomic mass is 16.4. The summed E-state index contributed by atoms with van der Waals surface area (Å²) in [6.07, 6.45) is -0.0426. The van der Waals surface area contributed by atoms with Gasteiger partial charge < -0.3 is 40.9 Å². The predicted molar refractivity (Wildman–Crippen MR) is 112 cm³/mol. The number of rotatable bonds is 8. The second-order valence-electron chi connectivity index (χ2n) is 9.63. The van der Waals surface area contributed by atoms with Crippen molar-refractivity contribution in [2.24, 2.45) is 59.2 Å². The standard InChI is InChI=1S/C11H12O8.C11H10O8/c2*12-8(13)4-2-1-3(6(4)10(16)17)7(11(18)19)5(2)9(14)15/h2-7H,1H2,(H,12,13)(H,14,15)(H,16,17)(H,18,19);2-4,6H,1H2,(H,12,13)(H,14,15)(H,16,17)(H,18,19). The van der Waals surface area contributed by atoms with Crippen LogP contribution in [0.5, 0.6) is 0 Å². The SMILES string of the molecule is O=C(O)C1=C(C(=O)O)C2CC1C(C(=O)O)C2C(=O)O.O=C(O)C1C2CC(C1C(=O)O)C(C(=O)O)C2C(=O)O. The fourth-order valence-corrected chi connectivity index (χ4v) is 7.02. The lowest BCUT2D eigenvalue weighted by atomic mass is 9.68. The predicted octanol–water partition coefficient (Wildman–Crippen LogP) is -1.06. The third-order valence-corrected chi connectivity index (χ3v) is 8.13. The van der Waals surface area contributed by atoms with Crippen molar-refractivity contribution in [2.75, 3.05) is 0 Å². The lowest BCUT2D eigenvalue weighted by Gasteiger charge is -2.33. The van der Waals surface area contributed by atoms with Crippen molar-refractivity contribution < 1.29 is 79.2 Å². The van der Waals surface area contributed by atoms with Gasteiger partial charge in [-0.15, -0.1) is 0 Å². The molecule has 0 spiro atoms. The largest absolute Gasteiger partial charge is 0.481 e. The van der Waals surface area contributed by atoms with Crippen molar-refractivity contribution in [3.05, 3.63) is 11.1 Å². The van der Waals surface area contributed by atoms with Gasteiger partial charge >= 0.3 is 47.8 Å². The molecule has 0 aliphatic heterocycles. The minimum absolute atomic E-state index is 0.0157. The molecule has 3 saturated carbocycles. The smallest absolute Gasteiger partial charge is 0.332 e. The van der Waals surface area contributed by atoms with E-state index in [0.717, 1.165) is 0 Å². The van der Waals surface area contributed by atoms with Gasteiger partial charge in [0.1, 0.15) is 0 Å². The second kappa shape index (κ2) is 9.75.